The zero-order valence-electron chi connectivity index (χ0n) is 15.0. The van der Waals surface area contributed by atoms with E-state index < -0.39 is 0 Å². The Hall–Kier alpha value is -0.790. The molecule has 2 atom stereocenters. The number of hydrogen-bond donors (Lipinski definition) is 2. The lowest BCUT2D eigenvalue weighted by atomic mass is 10.1. The molecule has 0 bridgehead atoms. The van der Waals surface area contributed by atoms with Crippen LogP contribution in [0.4, 0.5) is 0 Å². The van der Waals surface area contributed by atoms with E-state index in [2.05, 4.69) is 66.1 Å². The number of nitrogens with one attached hydrogen (secondary N) is 2. The maximum absolute atomic E-state index is 4.51. The van der Waals surface area contributed by atoms with Gasteiger partial charge in [-0.3, -0.25) is 9.67 Å². The predicted molar refractivity (Wildman–Crippen MR) is 105 cm³/mol. The lowest BCUT2D eigenvalue weighted by Gasteiger charge is -2.22. The summed E-state index contributed by atoms with van der Waals surface area (Å²) in [5.41, 5.74) is 2.30. The summed E-state index contributed by atoms with van der Waals surface area (Å²) in [6, 6.07) is 2.52. The van der Waals surface area contributed by atoms with E-state index in [-0.39, 0.29) is 24.0 Å². The van der Waals surface area contributed by atoms with Crippen LogP contribution in [0, 0.1) is 25.7 Å². The Kier molecular flexibility index (Phi) is 9.71. The van der Waals surface area contributed by atoms with Crippen LogP contribution < -0.4 is 10.6 Å². The van der Waals surface area contributed by atoms with E-state index in [9.17, 15) is 0 Å². The normalized spacial score (nSPS) is 14.5. The third kappa shape index (κ3) is 6.98. The van der Waals surface area contributed by atoms with Crippen LogP contribution in [0.3, 0.4) is 0 Å². The third-order valence-corrected chi connectivity index (χ3v) is 3.79. The van der Waals surface area contributed by atoms with Gasteiger partial charge in [-0.05, 0) is 38.7 Å². The van der Waals surface area contributed by atoms with Crippen molar-refractivity contribution in [2.75, 3.05) is 13.6 Å². The summed E-state index contributed by atoms with van der Waals surface area (Å²) >= 11 is 0. The quantitative estimate of drug-likeness (QED) is 0.422. The Morgan fingerprint density at radius 1 is 1.27 bits per heavy atom. The number of hydrogen-bond acceptors (Lipinski definition) is 2. The molecule has 1 aromatic rings. The van der Waals surface area contributed by atoms with Gasteiger partial charge in [0.15, 0.2) is 5.96 Å². The Labute approximate surface area is 152 Å². The van der Waals surface area contributed by atoms with Crippen molar-refractivity contribution < 1.29 is 0 Å². The first-order valence-corrected chi connectivity index (χ1v) is 7.81. The Morgan fingerprint density at radius 3 is 2.36 bits per heavy atom. The van der Waals surface area contributed by atoms with Crippen molar-refractivity contribution in [1.82, 2.24) is 20.4 Å². The number of guanidine groups is 1. The zero-order chi connectivity index (χ0) is 16.0. The molecule has 5 nitrogen and oxygen atoms in total. The SMILES string of the molecule is CN=C(NCC(C)Cn1nc(C)cc1C)NC(C)C(C)C.I. The maximum atomic E-state index is 4.51. The minimum Gasteiger partial charge on any atom is -0.356 e. The molecule has 128 valence electrons. The average molecular weight is 421 g/mol. The highest BCUT2D eigenvalue weighted by atomic mass is 127. The first kappa shape index (κ1) is 21.2. The average Bonchev–Trinajstić information content (AvgIpc) is 2.72. The van der Waals surface area contributed by atoms with Gasteiger partial charge in [-0.2, -0.15) is 5.10 Å². The predicted octanol–water partition coefficient (Wildman–Crippen LogP) is 2.96. The molecule has 1 rings (SSSR count). The standard InChI is InChI=1S/C16H31N5.HI/c1-11(2)15(6)19-16(17-7)18-9-12(3)10-21-14(5)8-13(4)20-21;/h8,11-12,15H,9-10H2,1-7H3,(H2,17,18,19);1H. The van der Waals surface area contributed by atoms with E-state index in [1.165, 1.54) is 5.69 Å². The van der Waals surface area contributed by atoms with Crippen molar-refractivity contribution in [2.24, 2.45) is 16.8 Å². The van der Waals surface area contributed by atoms with Crippen LogP contribution >= 0.6 is 24.0 Å². The second-order valence-electron chi connectivity index (χ2n) is 6.34. The smallest absolute Gasteiger partial charge is 0.191 e. The number of halogens is 1. The summed E-state index contributed by atoms with van der Waals surface area (Å²) in [7, 11) is 1.81. The molecule has 6 heteroatoms. The summed E-state index contributed by atoms with van der Waals surface area (Å²) in [5.74, 6) is 1.93. The van der Waals surface area contributed by atoms with Gasteiger partial charge in [0.25, 0.3) is 0 Å². The Bertz CT molecular complexity index is 467. The first-order valence-electron chi connectivity index (χ1n) is 7.81. The lowest BCUT2D eigenvalue weighted by molar-refractivity contribution is 0.430. The second kappa shape index (κ2) is 10.1. The van der Waals surface area contributed by atoms with Gasteiger partial charge >= 0.3 is 0 Å². The molecular formula is C16H32IN5. The number of aromatic nitrogens is 2. The highest BCUT2D eigenvalue weighted by Crippen LogP contribution is 2.06. The van der Waals surface area contributed by atoms with Gasteiger partial charge in [-0.25, -0.2) is 0 Å². The van der Waals surface area contributed by atoms with Gasteiger partial charge in [0.05, 0.1) is 5.69 Å². The minimum atomic E-state index is 0. The topological polar surface area (TPSA) is 54.2 Å². The van der Waals surface area contributed by atoms with Crippen LogP contribution in [-0.2, 0) is 6.54 Å². The zero-order valence-corrected chi connectivity index (χ0v) is 17.3. The fraction of sp³-hybridized carbons (Fsp3) is 0.750. The van der Waals surface area contributed by atoms with E-state index in [1.54, 1.807) is 0 Å². The van der Waals surface area contributed by atoms with Crippen LogP contribution in [0.5, 0.6) is 0 Å². The molecule has 22 heavy (non-hydrogen) atoms. The van der Waals surface area contributed by atoms with Crippen molar-refractivity contribution >= 4 is 29.9 Å². The summed E-state index contributed by atoms with van der Waals surface area (Å²) < 4.78 is 2.08. The van der Waals surface area contributed by atoms with E-state index in [4.69, 9.17) is 0 Å². The van der Waals surface area contributed by atoms with Crippen LogP contribution in [0.1, 0.15) is 39.1 Å². The van der Waals surface area contributed by atoms with E-state index in [1.807, 2.05) is 14.0 Å². The number of rotatable bonds is 6. The highest BCUT2D eigenvalue weighted by Gasteiger charge is 2.11. The van der Waals surface area contributed by atoms with Crippen LogP contribution in [0.15, 0.2) is 11.1 Å². The fourth-order valence-electron chi connectivity index (χ4n) is 2.07. The lowest BCUT2D eigenvalue weighted by Crippen LogP contribution is -2.45. The number of nitrogens with zero attached hydrogens (tertiary/aromatic N) is 3. The first-order chi connectivity index (χ1) is 9.83. The van der Waals surface area contributed by atoms with Crippen molar-refractivity contribution in [3.8, 4) is 0 Å². The van der Waals surface area contributed by atoms with Gasteiger partial charge in [-0.15, -0.1) is 24.0 Å². The summed E-state index contributed by atoms with van der Waals surface area (Å²) in [6.45, 7) is 14.7. The highest BCUT2D eigenvalue weighted by molar-refractivity contribution is 14.0. The fourth-order valence-corrected chi connectivity index (χ4v) is 2.07. The maximum Gasteiger partial charge on any atom is 0.191 e. The molecule has 0 amide bonds. The molecule has 0 spiro atoms. The van der Waals surface area contributed by atoms with Gasteiger partial charge in [0, 0.05) is 31.9 Å². The molecular weight excluding hydrogens is 389 g/mol. The van der Waals surface area contributed by atoms with E-state index in [0.29, 0.717) is 17.9 Å². The Balaban J connectivity index is 0.00000441. The summed E-state index contributed by atoms with van der Waals surface area (Å²) in [4.78, 5) is 4.28. The van der Waals surface area contributed by atoms with Crippen LogP contribution in [0.25, 0.3) is 0 Å². The molecule has 0 fully saturated rings. The number of aryl methyl sites for hydroxylation is 2. The van der Waals surface area contributed by atoms with Crippen molar-refractivity contribution in [3.05, 3.63) is 17.5 Å². The summed E-state index contributed by atoms with van der Waals surface area (Å²) in [6.07, 6.45) is 0. The molecule has 0 saturated heterocycles. The molecule has 1 heterocycles. The third-order valence-electron chi connectivity index (χ3n) is 3.79. The Morgan fingerprint density at radius 2 is 1.91 bits per heavy atom. The molecule has 2 unspecified atom stereocenters. The molecule has 0 saturated carbocycles. The molecule has 2 N–H and O–H groups in total. The van der Waals surface area contributed by atoms with E-state index in [0.717, 1.165) is 24.7 Å². The molecule has 0 aromatic carbocycles. The van der Waals surface area contributed by atoms with Crippen LogP contribution in [0.2, 0.25) is 0 Å². The van der Waals surface area contributed by atoms with E-state index >= 15 is 0 Å². The molecule has 0 aliphatic heterocycles. The molecule has 1 aromatic heterocycles. The largest absolute Gasteiger partial charge is 0.356 e. The van der Waals surface area contributed by atoms with Gasteiger partial charge in [0.1, 0.15) is 0 Å². The van der Waals surface area contributed by atoms with Gasteiger partial charge in [0.2, 0.25) is 0 Å². The molecule has 0 aliphatic rings. The monoisotopic (exact) mass is 421 g/mol. The second-order valence-corrected chi connectivity index (χ2v) is 6.34. The van der Waals surface area contributed by atoms with Crippen molar-refractivity contribution in [3.63, 3.8) is 0 Å². The number of aliphatic imine (C=N–C) groups is 1. The van der Waals surface area contributed by atoms with Gasteiger partial charge in [-0.1, -0.05) is 20.8 Å². The van der Waals surface area contributed by atoms with Crippen molar-refractivity contribution in [1.29, 1.82) is 0 Å². The summed E-state index contributed by atoms with van der Waals surface area (Å²) in [5, 5.41) is 11.3. The van der Waals surface area contributed by atoms with Crippen LogP contribution in [-0.4, -0.2) is 35.4 Å². The molecule has 0 aliphatic carbocycles. The van der Waals surface area contributed by atoms with Crippen molar-refractivity contribution in [2.45, 2.75) is 54.1 Å². The van der Waals surface area contributed by atoms with Gasteiger partial charge < -0.3 is 10.6 Å². The minimum absolute atomic E-state index is 0. The molecule has 0 radical (unpaired) electrons.